The fraction of sp³-hybridized carbons (Fsp3) is 0.435. The first-order chi connectivity index (χ1) is 14.3. The van der Waals surface area contributed by atoms with Gasteiger partial charge < -0.3 is 4.90 Å². The normalized spacial score (nSPS) is 21.9. The highest BCUT2D eigenvalue weighted by atomic mass is 32.2. The third kappa shape index (κ3) is 3.88. The van der Waals surface area contributed by atoms with E-state index in [1.165, 1.54) is 0 Å². The first-order valence-electron chi connectivity index (χ1n) is 10.4. The Labute approximate surface area is 177 Å². The lowest BCUT2D eigenvalue weighted by atomic mass is 10.0. The van der Waals surface area contributed by atoms with Crippen molar-refractivity contribution in [3.05, 3.63) is 59.7 Å². The Morgan fingerprint density at radius 2 is 1.83 bits per heavy atom. The number of anilines is 1. The van der Waals surface area contributed by atoms with Crippen LogP contribution in [0.15, 0.2) is 53.4 Å². The molecule has 4 rings (SSSR count). The maximum atomic E-state index is 14.3. The molecule has 0 bridgehead atoms. The summed E-state index contributed by atoms with van der Waals surface area (Å²) in [5.41, 5.74) is 2.89. The number of carbonyl (C=O) groups excluding carboxylic acids is 1. The number of benzene rings is 2. The predicted octanol–water partition coefficient (Wildman–Crippen LogP) is 3.58. The van der Waals surface area contributed by atoms with Gasteiger partial charge in [0.1, 0.15) is 12.2 Å². The van der Waals surface area contributed by atoms with E-state index in [0.717, 1.165) is 34.0 Å². The Bertz CT molecular complexity index is 1040. The Morgan fingerprint density at radius 1 is 1.13 bits per heavy atom. The van der Waals surface area contributed by atoms with Crippen molar-refractivity contribution in [1.29, 1.82) is 0 Å². The van der Waals surface area contributed by atoms with Gasteiger partial charge in [-0.15, -0.1) is 0 Å². The van der Waals surface area contributed by atoms with Crippen molar-refractivity contribution in [2.75, 3.05) is 18.0 Å². The summed E-state index contributed by atoms with van der Waals surface area (Å²) in [7, 11) is -3.97. The highest BCUT2D eigenvalue weighted by molar-refractivity contribution is 7.89. The molecule has 2 aliphatic heterocycles. The van der Waals surface area contributed by atoms with Crippen LogP contribution in [0.25, 0.3) is 0 Å². The minimum Gasteiger partial charge on any atom is -0.310 e. The smallest absolute Gasteiger partial charge is 0.245 e. The monoisotopic (exact) mass is 430 g/mol. The van der Waals surface area contributed by atoms with Crippen LogP contribution in [0, 0.1) is 5.92 Å². The van der Waals surface area contributed by atoms with Gasteiger partial charge in [-0.2, -0.15) is 4.31 Å². The zero-order valence-corrected chi connectivity index (χ0v) is 18.1. The van der Waals surface area contributed by atoms with E-state index in [9.17, 15) is 17.6 Å². The lowest BCUT2D eigenvalue weighted by molar-refractivity contribution is -0.121. The molecule has 2 aliphatic rings. The molecule has 1 saturated heterocycles. The molecule has 0 saturated carbocycles. The SMILES string of the molecule is CC(C)Cc1ccc(S(=O)(=O)N2CC(F)CC2C(=O)N2CCc3ccccc32)cc1. The lowest BCUT2D eigenvalue weighted by Crippen LogP contribution is -2.47. The van der Waals surface area contributed by atoms with Crippen LogP contribution in [0.1, 0.15) is 31.4 Å². The molecule has 160 valence electrons. The van der Waals surface area contributed by atoms with Crippen molar-refractivity contribution in [3.63, 3.8) is 0 Å². The molecule has 0 radical (unpaired) electrons. The van der Waals surface area contributed by atoms with Crippen LogP contribution in [0.4, 0.5) is 10.1 Å². The average molecular weight is 431 g/mol. The Kier molecular flexibility index (Phi) is 5.68. The van der Waals surface area contributed by atoms with Gasteiger partial charge in [0.05, 0.1) is 4.90 Å². The van der Waals surface area contributed by atoms with Crippen molar-refractivity contribution in [2.24, 2.45) is 5.92 Å². The molecular formula is C23H27FN2O3S. The van der Waals surface area contributed by atoms with E-state index in [0.29, 0.717) is 12.5 Å². The number of halogens is 1. The van der Waals surface area contributed by atoms with Gasteiger partial charge in [0.15, 0.2) is 0 Å². The molecule has 2 aromatic rings. The summed E-state index contributed by atoms with van der Waals surface area (Å²) in [4.78, 5) is 15.0. The maximum absolute atomic E-state index is 14.3. The van der Waals surface area contributed by atoms with Crippen LogP contribution in [0.5, 0.6) is 0 Å². The van der Waals surface area contributed by atoms with Gasteiger partial charge in [-0.25, -0.2) is 12.8 Å². The number of hydrogen-bond acceptors (Lipinski definition) is 3. The first-order valence-corrected chi connectivity index (χ1v) is 11.9. The number of rotatable bonds is 5. The van der Waals surface area contributed by atoms with Crippen LogP contribution >= 0.6 is 0 Å². The molecule has 7 heteroatoms. The first kappa shape index (κ1) is 21.0. The molecule has 0 N–H and O–H groups in total. The quantitative estimate of drug-likeness (QED) is 0.729. The second kappa shape index (κ2) is 8.12. The predicted molar refractivity (Wildman–Crippen MR) is 115 cm³/mol. The summed E-state index contributed by atoms with van der Waals surface area (Å²) in [6.07, 6.45) is 0.109. The molecule has 1 fully saturated rings. The highest BCUT2D eigenvalue weighted by Gasteiger charge is 2.46. The number of hydrogen-bond donors (Lipinski definition) is 0. The van der Waals surface area contributed by atoms with Crippen molar-refractivity contribution in [2.45, 2.75) is 50.2 Å². The third-order valence-corrected chi connectivity index (χ3v) is 7.71. The largest absolute Gasteiger partial charge is 0.310 e. The summed E-state index contributed by atoms with van der Waals surface area (Å²) >= 11 is 0. The zero-order valence-electron chi connectivity index (χ0n) is 17.3. The second-order valence-corrected chi connectivity index (χ2v) is 10.4. The van der Waals surface area contributed by atoms with E-state index in [-0.39, 0.29) is 23.8 Å². The number of carbonyl (C=O) groups is 1. The molecule has 0 spiro atoms. The topological polar surface area (TPSA) is 57.7 Å². The van der Waals surface area contributed by atoms with Crippen molar-refractivity contribution in [3.8, 4) is 0 Å². The van der Waals surface area contributed by atoms with Gasteiger partial charge in [-0.3, -0.25) is 4.79 Å². The van der Waals surface area contributed by atoms with E-state index in [2.05, 4.69) is 13.8 Å². The van der Waals surface area contributed by atoms with Gasteiger partial charge in [0, 0.05) is 25.2 Å². The van der Waals surface area contributed by atoms with E-state index < -0.39 is 22.2 Å². The molecule has 2 atom stereocenters. The van der Waals surface area contributed by atoms with Crippen LogP contribution < -0.4 is 4.90 Å². The van der Waals surface area contributed by atoms with Crippen LogP contribution in [0.2, 0.25) is 0 Å². The average Bonchev–Trinajstić information content (AvgIpc) is 3.31. The minimum atomic E-state index is -3.97. The zero-order chi connectivity index (χ0) is 21.5. The minimum absolute atomic E-state index is 0.101. The number of amides is 1. The third-order valence-electron chi connectivity index (χ3n) is 5.82. The molecule has 5 nitrogen and oxygen atoms in total. The standard InChI is InChI=1S/C23H27FN2O3S/c1-16(2)13-17-7-9-20(10-8-17)30(28,29)26-15-19(24)14-22(26)23(27)25-12-11-18-5-3-4-6-21(18)25/h3-10,16,19,22H,11-15H2,1-2H3. The van der Waals surface area contributed by atoms with Crippen LogP contribution in [-0.2, 0) is 27.7 Å². The van der Waals surface area contributed by atoms with Crippen molar-refractivity contribution < 1.29 is 17.6 Å². The fourth-order valence-electron chi connectivity index (χ4n) is 4.40. The molecule has 2 unspecified atom stereocenters. The van der Waals surface area contributed by atoms with Gasteiger partial charge in [-0.05, 0) is 48.1 Å². The van der Waals surface area contributed by atoms with E-state index in [4.69, 9.17) is 0 Å². The number of fused-ring (bicyclic) bond motifs is 1. The molecule has 2 aromatic carbocycles. The Balaban J connectivity index is 1.60. The summed E-state index contributed by atoms with van der Waals surface area (Å²) in [5.74, 6) is 0.115. The molecule has 30 heavy (non-hydrogen) atoms. The van der Waals surface area contributed by atoms with Crippen LogP contribution in [0.3, 0.4) is 0 Å². The molecule has 2 heterocycles. The highest BCUT2D eigenvalue weighted by Crippen LogP contribution is 2.33. The number of nitrogens with zero attached hydrogens (tertiary/aromatic N) is 2. The summed E-state index contributed by atoms with van der Waals surface area (Å²) < 4.78 is 42.0. The number of sulfonamides is 1. The van der Waals surface area contributed by atoms with Crippen LogP contribution in [-0.4, -0.2) is 43.9 Å². The molecule has 1 amide bonds. The molecule has 0 aromatic heterocycles. The van der Waals surface area contributed by atoms with Gasteiger partial charge in [0.2, 0.25) is 15.9 Å². The summed E-state index contributed by atoms with van der Waals surface area (Å²) in [5, 5.41) is 0. The fourth-order valence-corrected chi connectivity index (χ4v) is 6.02. The van der Waals surface area contributed by atoms with Gasteiger partial charge in [0.25, 0.3) is 0 Å². The van der Waals surface area contributed by atoms with Gasteiger partial charge >= 0.3 is 0 Å². The van der Waals surface area contributed by atoms with E-state index in [1.807, 2.05) is 24.3 Å². The lowest BCUT2D eigenvalue weighted by Gasteiger charge is -2.27. The molecular weight excluding hydrogens is 403 g/mol. The second-order valence-electron chi connectivity index (χ2n) is 8.53. The van der Waals surface area contributed by atoms with E-state index >= 15 is 0 Å². The Morgan fingerprint density at radius 3 is 2.53 bits per heavy atom. The number of para-hydroxylation sites is 1. The Hall–Kier alpha value is -2.25. The number of alkyl halides is 1. The van der Waals surface area contributed by atoms with Gasteiger partial charge in [-0.1, -0.05) is 44.2 Å². The summed E-state index contributed by atoms with van der Waals surface area (Å²) in [6, 6.07) is 13.3. The van der Waals surface area contributed by atoms with Crippen molar-refractivity contribution >= 4 is 21.6 Å². The van der Waals surface area contributed by atoms with Crippen molar-refractivity contribution in [1.82, 2.24) is 4.31 Å². The molecule has 0 aliphatic carbocycles. The maximum Gasteiger partial charge on any atom is 0.245 e. The van der Waals surface area contributed by atoms with E-state index in [1.54, 1.807) is 29.2 Å². The summed E-state index contributed by atoms with van der Waals surface area (Å²) in [6.45, 7) is 4.40.